The highest BCUT2D eigenvalue weighted by atomic mass is 16.5. The number of quaternary nitrogens is 1. The minimum atomic E-state index is 0.0865. The van der Waals surface area contributed by atoms with Crippen LogP contribution < -0.4 is 5.06 Å². The van der Waals surface area contributed by atoms with Gasteiger partial charge in [-0.15, -0.1) is 0 Å². The Labute approximate surface area is 90.8 Å². The van der Waals surface area contributed by atoms with Crippen LogP contribution in [-0.4, -0.2) is 6.54 Å². The highest BCUT2D eigenvalue weighted by Gasteiger charge is 2.24. The molecule has 0 bridgehead atoms. The number of fused-ring (bicyclic) bond motifs is 1. The van der Waals surface area contributed by atoms with Crippen molar-refractivity contribution in [2.24, 2.45) is 5.41 Å². The molecule has 2 nitrogen and oxygen atoms in total. The third-order valence-corrected chi connectivity index (χ3v) is 2.91. The van der Waals surface area contributed by atoms with Crippen LogP contribution >= 0.6 is 0 Å². The number of para-hydroxylation sites is 1. The Kier molecular flexibility index (Phi) is 2.41. The van der Waals surface area contributed by atoms with Crippen LogP contribution in [0.5, 0.6) is 0 Å². The number of hydrogen-bond acceptors (Lipinski definition) is 1. The second-order valence-corrected chi connectivity index (χ2v) is 5.11. The van der Waals surface area contributed by atoms with Gasteiger partial charge in [0.2, 0.25) is 0 Å². The predicted molar refractivity (Wildman–Crippen MR) is 62.7 cm³/mol. The van der Waals surface area contributed by atoms with E-state index in [-0.39, 0.29) is 10.5 Å². The zero-order valence-corrected chi connectivity index (χ0v) is 9.50. The maximum Gasteiger partial charge on any atom is 0.138 e. The molecular formula is C13H17NO. The SMILES string of the molecule is CC(C)(C)C1=Cc2ccccc2[NH+]([O-])C1. The van der Waals surface area contributed by atoms with Gasteiger partial charge in [0.1, 0.15) is 12.2 Å². The number of hydrogen-bond donors (Lipinski definition) is 1. The van der Waals surface area contributed by atoms with Crippen molar-refractivity contribution in [1.82, 2.24) is 0 Å². The quantitative estimate of drug-likeness (QED) is 0.643. The third-order valence-electron chi connectivity index (χ3n) is 2.91. The molecule has 1 aromatic carbocycles. The van der Waals surface area contributed by atoms with E-state index in [0.29, 0.717) is 6.54 Å². The lowest BCUT2D eigenvalue weighted by atomic mass is 9.83. The van der Waals surface area contributed by atoms with Gasteiger partial charge in [-0.25, -0.2) is 0 Å². The van der Waals surface area contributed by atoms with Crippen LogP contribution in [0.15, 0.2) is 29.8 Å². The topological polar surface area (TPSA) is 27.5 Å². The molecule has 1 unspecified atom stereocenters. The lowest BCUT2D eigenvalue weighted by molar-refractivity contribution is -0.771. The third kappa shape index (κ3) is 1.96. The van der Waals surface area contributed by atoms with E-state index >= 15 is 0 Å². The van der Waals surface area contributed by atoms with E-state index in [9.17, 15) is 5.21 Å². The number of hydroxylamine groups is 1. The lowest BCUT2D eigenvalue weighted by Gasteiger charge is -2.33. The van der Waals surface area contributed by atoms with Gasteiger partial charge < -0.3 is 10.3 Å². The Balaban J connectivity index is 2.48. The smallest absolute Gasteiger partial charge is 0.138 e. The molecule has 0 aromatic heterocycles. The Morgan fingerprint density at radius 3 is 2.53 bits per heavy atom. The molecule has 0 saturated heterocycles. The summed E-state index contributed by atoms with van der Waals surface area (Å²) < 4.78 is 0. The van der Waals surface area contributed by atoms with E-state index in [4.69, 9.17) is 0 Å². The summed E-state index contributed by atoms with van der Waals surface area (Å²) in [5.74, 6) is 0. The van der Waals surface area contributed by atoms with E-state index in [1.807, 2.05) is 24.3 Å². The minimum Gasteiger partial charge on any atom is -0.629 e. The minimum absolute atomic E-state index is 0.0865. The molecule has 0 radical (unpaired) electrons. The van der Waals surface area contributed by atoms with Gasteiger partial charge in [-0.1, -0.05) is 32.9 Å². The Bertz CT molecular complexity index is 401. The summed E-state index contributed by atoms with van der Waals surface area (Å²) in [5.41, 5.74) is 3.25. The largest absolute Gasteiger partial charge is 0.629 e. The summed E-state index contributed by atoms with van der Waals surface area (Å²) >= 11 is 0. The second-order valence-electron chi connectivity index (χ2n) is 5.11. The van der Waals surface area contributed by atoms with Gasteiger partial charge in [0.15, 0.2) is 0 Å². The maximum atomic E-state index is 11.9. The Morgan fingerprint density at radius 2 is 1.87 bits per heavy atom. The van der Waals surface area contributed by atoms with Crippen molar-refractivity contribution in [3.8, 4) is 0 Å². The molecule has 0 aliphatic carbocycles. The molecule has 1 aliphatic rings. The highest BCUT2D eigenvalue weighted by molar-refractivity contribution is 5.65. The van der Waals surface area contributed by atoms with E-state index in [0.717, 1.165) is 11.3 Å². The maximum absolute atomic E-state index is 11.9. The van der Waals surface area contributed by atoms with Gasteiger partial charge in [-0.05, 0) is 29.2 Å². The van der Waals surface area contributed by atoms with Crippen LogP contribution in [0, 0.1) is 10.6 Å². The molecule has 1 aliphatic heterocycles. The number of nitrogens with one attached hydrogen (secondary N) is 1. The van der Waals surface area contributed by atoms with Crippen molar-refractivity contribution in [3.05, 3.63) is 40.6 Å². The molecule has 2 heteroatoms. The van der Waals surface area contributed by atoms with Crippen molar-refractivity contribution in [1.29, 1.82) is 0 Å². The summed E-state index contributed by atoms with van der Waals surface area (Å²) in [4.78, 5) is 0. The van der Waals surface area contributed by atoms with Crippen molar-refractivity contribution < 1.29 is 5.06 Å². The van der Waals surface area contributed by atoms with E-state index in [1.54, 1.807) is 0 Å². The lowest BCUT2D eigenvalue weighted by Crippen LogP contribution is -3.03. The van der Waals surface area contributed by atoms with Gasteiger partial charge in [-0.2, -0.15) is 0 Å². The van der Waals surface area contributed by atoms with Crippen LogP contribution in [0.1, 0.15) is 26.3 Å². The van der Waals surface area contributed by atoms with E-state index in [2.05, 4.69) is 26.8 Å². The van der Waals surface area contributed by atoms with Crippen LogP contribution in [0.2, 0.25) is 0 Å². The van der Waals surface area contributed by atoms with Crippen LogP contribution in [0.3, 0.4) is 0 Å². The average molecular weight is 203 g/mol. The summed E-state index contributed by atoms with van der Waals surface area (Å²) in [6, 6.07) is 7.83. The van der Waals surface area contributed by atoms with Gasteiger partial charge >= 0.3 is 0 Å². The number of benzene rings is 1. The first-order chi connectivity index (χ1) is 6.98. The molecule has 1 heterocycles. The molecule has 0 fully saturated rings. The number of rotatable bonds is 0. The molecule has 1 aromatic rings. The molecule has 1 atom stereocenters. The summed E-state index contributed by atoms with van der Waals surface area (Å²) in [7, 11) is 0. The van der Waals surface area contributed by atoms with E-state index in [1.165, 1.54) is 5.57 Å². The van der Waals surface area contributed by atoms with Gasteiger partial charge in [0, 0.05) is 5.56 Å². The first-order valence-electron chi connectivity index (χ1n) is 5.32. The predicted octanol–water partition coefficient (Wildman–Crippen LogP) is 2.14. The zero-order valence-electron chi connectivity index (χ0n) is 9.50. The Hall–Kier alpha value is -1.12. The highest BCUT2D eigenvalue weighted by Crippen LogP contribution is 2.29. The van der Waals surface area contributed by atoms with E-state index < -0.39 is 0 Å². The molecule has 1 N–H and O–H groups in total. The molecule has 15 heavy (non-hydrogen) atoms. The molecule has 0 saturated carbocycles. The first-order valence-corrected chi connectivity index (χ1v) is 5.32. The normalized spacial score (nSPS) is 20.8. The van der Waals surface area contributed by atoms with Crippen molar-refractivity contribution in [2.75, 3.05) is 6.54 Å². The molecule has 2 rings (SSSR count). The molecular weight excluding hydrogens is 186 g/mol. The average Bonchev–Trinajstić information content (AvgIpc) is 2.16. The van der Waals surface area contributed by atoms with Gasteiger partial charge in [0.25, 0.3) is 0 Å². The fraction of sp³-hybridized carbons (Fsp3) is 0.385. The second kappa shape index (κ2) is 3.47. The fourth-order valence-corrected chi connectivity index (χ4v) is 1.87. The summed E-state index contributed by atoms with van der Waals surface area (Å²) in [5, 5.41) is 12.1. The van der Waals surface area contributed by atoms with Crippen molar-refractivity contribution in [3.63, 3.8) is 0 Å². The Morgan fingerprint density at radius 1 is 1.20 bits per heavy atom. The van der Waals surface area contributed by atoms with Crippen LogP contribution in [0.4, 0.5) is 5.69 Å². The molecule has 0 amide bonds. The fourth-order valence-electron chi connectivity index (χ4n) is 1.87. The van der Waals surface area contributed by atoms with Crippen LogP contribution in [-0.2, 0) is 0 Å². The summed E-state index contributed by atoms with van der Waals surface area (Å²) in [6.07, 6.45) is 2.16. The first kappa shape index (κ1) is 10.4. The van der Waals surface area contributed by atoms with Gasteiger partial charge in [-0.3, -0.25) is 0 Å². The molecule has 80 valence electrons. The molecule has 0 spiro atoms. The van der Waals surface area contributed by atoms with Crippen molar-refractivity contribution >= 4 is 11.8 Å². The monoisotopic (exact) mass is 203 g/mol. The van der Waals surface area contributed by atoms with Gasteiger partial charge in [0.05, 0.1) is 0 Å². The zero-order chi connectivity index (χ0) is 11.1. The van der Waals surface area contributed by atoms with Crippen LogP contribution in [0.25, 0.3) is 6.08 Å². The standard InChI is InChI=1S/C13H17NO/c1-13(2,3)11-8-10-6-4-5-7-12(10)14(15)9-11/h4-8,14H,9H2,1-3H3. The summed E-state index contributed by atoms with van der Waals surface area (Å²) in [6.45, 7) is 7.03. The van der Waals surface area contributed by atoms with Crippen molar-refractivity contribution in [2.45, 2.75) is 20.8 Å².